The monoisotopic (exact) mass is 440 g/mol. The maximum atomic E-state index is 13.2. The Bertz CT molecular complexity index is 1050. The predicted octanol–water partition coefficient (Wildman–Crippen LogP) is 4.59. The second kappa shape index (κ2) is 10.3. The second-order valence-corrected chi connectivity index (χ2v) is 7.87. The van der Waals surface area contributed by atoms with Crippen LogP contribution in [0.25, 0.3) is 11.4 Å². The zero-order valence-electron chi connectivity index (χ0n) is 17.8. The van der Waals surface area contributed by atoms with Crippen LogP contribution >= 0.6 is 11.8 Å². The molecule has 0 radical (unpaired) electrons. The number of allylic oxidation sites excluding steroid dienone is 1. The van der Waals surface area contributed by atoms with E-state index >= 15 is 0 Å². The van der Waals surface area contributed by atoms with E-state index < -0.39 is 0 Å². The standard InChI is InChI=1S/C23H25FN4O2S/c1-5-14-28-22(19-8-6-7-9-20(19)30-4)25-26-23(28)31-15-21(29)27(3)16(2)17-10-12-18(24)13-11-17/h5-13,16H,1,14-15H2,2-4H3. The summed E-state index contributed by atoms with van der Waals surface area (Å²) in [5.41, 5.74) is 1.69. The number of rotatable bonds is 9. The van der Waals surface area contributed by atoms with Crippen LogP contribution in [0.3, 0.4) is 0 Å². The molecule has 8 heteroatoms. The molecule has 1 aromatic heterocycles. The molecule has 2 aromatic carbocycles. The summed E-state index contributed by atoms with van der Waals surface area (Å²) >= 11 is 1.32. The van der Waals surface area contributed by atoms with Gasteiger partial charge in [0.15, 0.2) is 11.0 Å². The maximum absolute atomic E-state index is 13.2. The van der Waals surface area contributed by atoms with Gasteiger partial charge in [-0.25, -0.2) is 4.39 Å². The molecule has 0 aliphatic carbocycles. The van der Waals surface area contributed by atoms with Crippen LogP contribution in [-0.2, 0) is 11.3 Å². The van der Waals surface area contributed by atoms with Gasteiger partial charge in [-0.05, 0) is 36.8 Å². The molecule has 0 bridgehead atoms. The number of hydrogen-bond acceptors (Lipinski definition) is 5. The largest absolute Gasteiger partial charge is 0.496 e. The number of hydrogen-bond donors (Lipinski definition) is 0. The lowest BCUT2D eigenvalue weighted by Gasteiger charge is -2.25. The summed E-state index contributed by atoms with van der Waals surface area (Å²) in [4.78, 5) is 14.4. The van der Waals surface area contributed by atoms with Crippen LogP contribution in [0, 0.1) is 5.82 Å². The molecule has 0 saturated carbocycles. The zero-order valence-corrected chi connectivity index (χ0v) is 18.6. The van der Waals surface area contributed by atoms with Gasteiger partial charge < -0.3 is 9.64 Å². The molecule has 162 valence electrons. The molecule has 0 spiro atoms. The summed E-state index contributed by atoms with van der Waals surface area (Å²) < 4.78 is 20.5. The Morgan fingerprint density at radius 1 is 1.26 bits per heavy atom. The van der Waals surface area contributed by atoms with Gasteiger partial charge >= 0.3 is 0 Å². The molecule has 31 heavy (non-hydrogen) atoms. The normalized spacial score (nSPS) is 11.7. The third-order valence-electron chi connectivity index (χ3n) is 5.03. The van der Waals surface area contributed by atoms with Gasteiger partial charge in [0.05, 0.1) is 24.5 Å². The van der Waals surface area contributed by atoms with Crippen molar-refractivity contribution in [2.24, 2.45) is 0 Å². The first-order chi connectivity index (χ1) is 15.0. The van der Waals surface area contributed by atoms with Crippen molar-refractivity contribution in [3.63, 3.8) is 0 Å². The molecular formula is C23H25FN4O2S. The minimum atomic E-state index is -0.298. The van der Waals surface area contributed by atoms with Crippen molar-refractivity contribution < 1.29 is 13.9 Å². The van der Waals surface area contributed by atoms with Crippen molar-refractivity contribution in [1.82, 2.24) is 19.7 Å². The first-order valence-electron chi connectivity index (χ1n) is 9.77. The molecule has 0 fully saturated rings. The molecule has 0 saturated heterocycles. The smallest absolute Gasteiger partial charge is 0.233 e. The Morgan fingerprint density at radius 3 is 2.65 bits per heavy atom. The van der Waals surface area contributed by atoms with E-state index in [4.69, 9.17) is 4.74 Å². The topological polar surface area (TPSA) is 60.2 Å². The molecule has 0 N–H and O–H groups in total. The predicted molar refractivity (Wildman–Crippen MR) is 121 cm³/mol. The fourth-order valence-electron chi connectivity index (χ4n) is 3.13. The van der Waals surface area contributed by atoms with E-state index in [2.05, 4.69) is 16.8 Å². The van der Waals surface area contributed by atoms with Gasteiger partial charge in [-0.15, -0.1) is 16.8 Å². The summed E-state index contributed by atoms with van der Waals surface area (Å²) in [6, 6.07) is 13.6. The van der Waals surface area contributed by atoms with Crippen molar-refractivity contribution >= 4 is 17.7 Å². The molecule has 3 aromatic rings. The Balaban J connectivity index is 1.75. The first kappa shape index (κ1) is 22.6. The Morgan fingerprint density at radius 2 is 1.97 bits per heavy atom. The fraction of sp³-hybridized carbons (Fsp3) is 0.261. The summed E-state index contributed by atoms with van der Waals surface area (Å²) in [6.45, 7) is 6.23. The van der Waals surface area contributed by atoms with Crippen LogP contribution in [0.15, 0.2) is 66.3 Å². The van der Waals surface area contributed by atoms with Gasteiger partial charge in [-0.2, -0.15) is 0 Å². The van der Waals surface area contributed by atoms with Gasteiger partial charge in [0, 0.05) is 13.6 Å². The number of ether oxygens (including phenoxy) is 1. The number of methoxy groups -OCH3 is 1. The van der Waals surface area contributed by atoms with Crippen LogP contribution in [0.4, 0.5) is 4.39 Å². The third-order valence-corrected chi connectivity index (χ3v) is 5.98. The average Bonchev–Trinajstić information content (AvgIpc) is 3.19. The molecule has 6 nitrogen and oxygen atoms in total. The van der Waals surface area contributed by atoms with E-state index in [1.807, 2.05) is 35.8 Å². The summed E-state index contributed by atoms with van der Waals surface area (Å²) in [7, 11) is 3.35. The van der Waals surface area contributed by atoms with Gasteiger partial charge in [0.1, 0.15) is 11.6 Å². The average molecular weight is 441 g/mol. The number of nitrogens with zero attached hydrogens (tertiary/aromatic N) is 4. The zero-order chi connectivity index (χ0) is 22.4. The molecule has 0 aliphatic rings. The van der Waals surface area contributed by atoms with E-state index in [1.165, 1.54) is 23.9 Å². The fourth-order valence-corrected chi connectivity index (χ4v) is 4.00. The summed E-state index contributed by atoms with van der Waals surface area (Å²) in [5.74, 6) is 1.19. The Kier molecular flexibility index (Phi) is 7.46. The number of carbonyl (C=O) groups excluding carboxylic acids is 1. The van der Waals surface area contributed by atoms with Crippen LogP contribution in [0.2, 0.25) is 0 Å². The highest BCUT2D eigenvalue weighted by molar-refractivity contribution is 7.99. The number of para-hydroxylation sites is 1. The Labute approximate surface area is 185 Å². The number of benzene rings is 2. The number of carbonyl (C=O) groups is 1. The molecule has 1 amide bonds. The van der Waals surface area contributed by atoms with E-state index in [0.29, 0.717) is 23.3 Å². The first-order valence-corrected chi connectivity index (χ1v) is 10.8. The van der Waals surface area contributed by atoms with E-state index in [-0.39, 0.29) is 23.5 Å². The van der Waals surface area contributed by atoms with Gasteiger partial charge in [-0.3, -0.25) is 9.36 Å². The van der Waals surface area contributed by atoms with Gasteiger partial charge in [0.25, 0.3) is 0 Å². The lowest BCUT2D eigenvalue weighted by atomic mass is 10.1. The van der Waals surface area contributed by atoms with Crippen molar-refractivity contribution in [1.29, 1.82) is 0 Å². The third kappa shape index (κ3) is 5.14. The van der Waals surface area contributed by atoms with Crippen LogP contribution in [-0.4, -0.2) is 45.5 Å². The molecule has 3 rings (SSSR count). The van der Waals surface area contributed by atoms with Crippen molar-refractivity contribution in [3.05, 3.63) is 72.6 Å². The number of aromatic nitrogens is 3. The molecule has 1 unspecified atom stereocenters. The number of thioether (sulfide) groups is 1. The molecule has 0 aliphatic heterocycles. The van der Waals surface area contributed by atoms with Crippen LogP contribution in [0.5, 0.6) is 5.75 Å². The van der Waals surface area contributed by atoms with Gasteiger partial charge in [0.2, 0.25) is 5.91 Å². The molecular weight excluding hydrogens is 415 g/mol. The summed E-state index contributed by atoms with van der Waals surface area (Å²) in [6.07, 6.45) is 1.76. The molecule has 1 atom stereocenters. The van der Waals surface area contributed by atoms with Crippen molar-refractivity contribution in [3.8, 4) is 17.1 Å². The number of halogens is 1. The second-order valence-electron chi connectivity index (χ2n) is 6.93. The SMILES string of the molecule is C=CCn1c(SCC(=O)N(C)C(C)c2ccc(F)cc2)nnc1-c1ccccc1OC. The summed E-state index contributed by atoms with van der Waals surface area (Å²) in [5, 5.41) is 9.24. The molecule has 1 heterocycles. The van der Waals surface area contributed by atoms with Crippen molar-refractivity contribution in [2.75, 3.05) is 19.9 Å². The Hall–Kier alpha value is -3.13. The quantitative estimate of drug-likeness (QED) is 0.360. The van der Waals surface area contributed by atoms with Crippen LogP contribution in [0.1, 0.15) is 18.5 Å². The lowest BCUT2D eigenvalue weighted by Crippen LogP contribution is -2.31. The van der Waals surface area contributed by atoms with E-state index in [9.17, 15) is 9.18 Å². The highest BCUT2D eigenvalue weighted by Crippen LogP contribution is 2.31. The number of amides is 1. The van der Waals surface area contributed by atoms with E-state index in [1.54, 1.807) is 37.3 Å². The minimum absolute atomic E-state index is 0.0613. The van der Waals surface area contributed by atoms with Crippen molar-refractivity contribution in [2.45, 2.75) is 24.7 Å². The minimum Gasteiger partial charge on any atom is -0.496 e. The van der Waals surface area contributed by atoms with Gasteiger partial charge in [-0.1, -0.05) is 42.1 Å². The maximum Gasteiger partial charge on any atom is 0.233 e. The highest BCUT2D eigenvalue weighted by atomic mass is 32.2. The lowest BCUT2D eigenvalue weighted by molar-refractivity contribution is -0.128. The van der Waals surface area contributed by atoms with E-state index in [0.717, 1.165) is 11.1 Å². The highest BCUT2D eigenvalue weighted by Gasteiger charge is 2.21. The van der Waals surface area contributed by atoms with Crippen LogP contribution < -0.4 is 4.74 Å².